The molecule has 4 heteroatoms. The molecule has 0 saturated carbocycles. The molecule has 0 bridgehead atoms. The average molecular weight is 249 g/mol. The Morgan fingerprint density at radius 3 is 2.56 bits per heavy atom. The van der Waals surface area contributed by atoms with Gasteiger partial charge in [0.05, 0.1) is 0 Å². The van der Waals surface area contributed by atoms with E-state index < -0.39 is 0 Å². The number of hydrogen-bond acceptors (Lipinski definition) is 2. The van der Waals surface area contributed by atoms with Crippen molar-refractivity contribution in [1.29, 1.82) is 0 Å². The highest BCUT2D eigenvalue weighted by Gasteiger charge is 2.18. The topological polar surface area (TPSA) is 32.3 Å². The normalized spacial score (nSPS) is 17.6. The van der Waals surface area contributed by atoms with Crippen LogP contribution in [0.2, 0.25) is 0 Å². The van der Waals surface area contributed by atoms with E-state index in [1.807, 2.05) is 4.90 Å². The smallest absolute Gasteiger partial charge is 0.222 e. The second kappa shape index (κ2) is 7.13. The summed E-state index contributed by atoms with van der Waals surface area (Å²) in [7, 11) is 0. The summed E-state index contributed by atoms with van der Waals surface area (Å²) in [6.45, 7) is 10.3. The van der Waals surface area contributed by atoms with Crippen molar-refractivity contribution in [2.45, 2.75) is 40.0 Å². The third-order valence-electron chi connectivity index (χ3n) is 2.78. The predicted octanol–water partition coefficient (Wildman–Crippen LogP) is 2.06. The summed E-state index contributed by atoms with van der Waals surface area (Å²) in [6.07, 6.45) is 2.76. The van der Waals surface area contributed by atoms with E-state index in [0.717, 1.165) is 39.0 Å². The number of nitrogens with zero attached hydrogens (tertiary/aromatic N) is 1. The van der Waals surface area contributed by atoms with Crippen molar-refractivity contribution < 1.29 is 4.79 Å². The zero-order valence-corrected chi connectivity index (χ0v) is 11.5. The Morgan fingerprint density at radius 1 is 1.25 bits per heavy atom. The van der Waals surface area contributed by atoms with Crippen LogP contribution in [0.1, 0.15) is 40.0 Å². The van der Waals surface area contributed by atoms with Crippen LogP contribution in [0.5, 0.6) is 0 Å². The van der Waals surface area contributed by atoms with E-state index in [0.29, 0.717) is 12.3 Å². The lowest BCUT2D eigenvalue weighted by Crippen LogP contribution is -2.34. The molecule has 16 heavy (non-hydrogen) atoms. The van der Waals surface area contributed by atoms with E-state index in [4.69, 9.17) is 0 Å². The van der Waals surface area contributed by atoms with Gasteiger partial charge in [0.2, 0.25) is 5.91 Å². The van der Waals surface area contributed by atoms with Gasteiger partial charge in [-0.1, -0.05) is 20.8 Å². The number of nitrogens with one attached hydrogen (secondary N) is 1. The van der Waals surface area contributed by atoms with Crippen molar-refractivity contribution in [1.82, 2.24) is 10.2 Å². The van der Waals surface area contributed by atoms with Crippen LogP contribution in [0.15, 0.2) is 0 Å². The lowest BCUT2D eigenvalue weighted by Gasteiger charge is -2.23. The fourth-order valence-corrected chi connectivity index (χ4v) is 1.74. The maximum Gasteiger partial charge on any atom is 0.222 e. The number of carbonyl (C=O) groups is 1. The summed E-state index contributed by atoms with van der Waals surface area (Å²) in [5.41, 5.74) is 0.264. The Balaban J connectivity index is 0.00000225. The van der Waals surface area contributed by atoms with Gasteiger partial charge < -0.3 is 10.2 Å². The van der Waals surface area contributed by atoms with E-state index in [9.17, 15) is 4.79 Å². The zero-order valence-electron chi connectivity index (χ0n) is 10.7. The van der Waals surface area contributed by atoms with Crippen molar-refractivity contribution >= 4 is 18.3 Å². The first-order valence-electron chi connectivity index (χ1n) is 5.97. The van der Waals surface area contributed by atoms with Gasteiger partial charge in [-0.05, 0) is 24.8 Å². The fourth-order valence-electron chi connectivity index (χ4n) is 1.74. The molecule has 1 heterocycles. The highest BCUT2D eigenvalue weighted by Crippen LogP contribution is 2.21. The summed E-state index contributed by atoms with van der Waals surface area (Å²) in [6, 6.07) is 0. The summed E-state index contributed by atoms with van der Waals surface area (Å²) >= 11 is 0. The van der Waals surface area contributed by atoms with Gasteiger partial charge >= 0.3 is 0 Å². The molecule has 0 aliphatic carbocycles. The van der Waals surface area contributed by atoms with Crippen molar-refractivity contribution in [3.05, 3.63) is 0 Å². The first kappa shape index (κ1) is 15.7. The van der Waals surface area contributed by atoms with Gasteiger partial charge in [0.25, 0.3) is 0 Å². The molecule has 1 aliphatic heterocycles. The monoisotopic (exact) mass is 248 g/mol. The highest BCUT2D eigenvalue weighted by atomic mass is 35.5. The van der Waals surface area contributed by atoms with Gasteiger partial charge in [-0.15, -0.1) is 12.4 Å². The van der Waals surface area contributed by atoms with Crippen molar-refractivity contribution in [3.8, 4) is 0 Å². The Labute approximate surface area is 105 Å². The minimum atomic E-state index is 0. The van der Waals surface area contributed by atoms with Gasteiger partial charge in [-0.25, -0.2) is 0 Å². The molecular weight excluding hydrogens is 224 g/mol. The van der Waals surface area contributed by atoms with E-state index >= 15 is 0 Å². The molecule has 1 N–H and O–H groups in total. The maximum atomic E-state index is 11.9. The Morgan fingerprint density at radius 2 is 1.94 bits per heavy atom. The standard InChI is InChI=1S/C12H24N2O.ClH/c1-12(2,3)6-5-11(15)14-9-4-7-13-8-10-14;/h13H,4-10H2,1-3H3;1H. The van der Waals surface area contributed by atoms with Crippen molar-refractivity contribution in [3.63, 3.8) is 0 Å². The molecule has 0 aromatic rings. The second-order valence-corrected chi connectivity index (χ2v) is 5.55. The Hall–Kier alpha value is -0.280. The predicted molar refractivity (Wildman–Crippen MR) is 70.0 cm³/mol. The number of carbonyl (C=O) groups excluding carboxylic acids is 1. The first-order valence-corrected chi connectivity index (χ1v) is 5.97. The molecule has 0 spiro atoms. The average Bonchev–Trinajstić information content (AvgIpc) is 2.41. The van der Waals surface area contributed by atoms with Crippen LogP contribution in [-0.2, 0) is 4.79 Å². The van der Waals surface area contributed by atoms with Crippen LogP contribution in [0.3, 0.4) is 0 Å². The van der Waals surface area contributed by atoms with Gasteiger partial charge in [0, 0.05) is 26.1 Å². The summed E-state index contributed by atoms with van der Waals surface area (Å²) in [4.78, 5) is 13.9. The molecule has 0 atom stereocenters. The molecule has 3 nitrogen and oxygen atoms in total. The van der Waals surface area contributed by atoms with Gasteiger partial charge in [0.15, 0.2) is 0 Å². The third-order valence-corrected chi connectivity index (χ3v) is 2.78. The quantitative estimate of drug-likeness (QED) is 0.812. The van der Waals surface area contributed by atoms with E-state index in [2.05, 4.69) is 26.1 Å². The van der Waals surface area contributed by atoms with Crippen LogP contribution in [0.4, 0.5) is 0 Å². The van der Waals surface area contributed by atoms with E-state index in [-0.39, 0.29) is 17.8 Å². The molecule has 0 radical (unpaired) electrons. The van der Waals surface area contributed by atoms with Crippen molar-refractivity contribution in [2.75, 3.05) is 26.2 Å². The molecule has 0 aromatic heterocycles. The number of halogens is 1. The number of amides is 1. The highest BCUT2D eigenvalue weighted by molar-refractivity contribution is 5.85. The number of rotatable bonds is 2. The summed E-state index contributed by atoms with van der Waals surface area (Å²) in [5, 5.41) is 3.31. The molecule has 96 valence electrons. The van der Waals surface area contributed by atoms with Crippen LogP contribution < -0.4 is 5.32 Å². The lowest BCUT2D eigenvalue weighted by molar-refractivity contribution is -0.131. The lowest BCUT2D eigenvalue weighted by atomic mass is 9.90. The molecule has 0 unspecified atom stereocenters. The van der Waals surface area contributed by atoms with Crippen LogP contribution in [0, 0.1) is 5.41 Å². The number of hydrogen-bond donors (Lipinski definition) is 1. The van der Waals surface area contributed by atoms with E-state index in [1.54, 1.807) is 0 Å². The molecule has 1 aliphatic rings. The van der Waals surface area contributed by atoms with Gasteiger partial charge in [-0.3, -0.25) is 4.79 Å². The maximum absolute atomic E-state index is 11.9. The largest absolute Gasteiger partial charge is 0.341 e. The minimum absolute atomic E-state index is 0. The van der Waals surface area contributed by atoms with Gasteiger partial charge in [0.1, 0.15) is 0 Å². The first-order chi connectivity index (χ1) is 6.99. The van der Waals surface area contributed by atoms with Crippen LogP contribution >= 0.6 is 12.4 Å². The fraction of sp³-hybridized carbons (Fsp3) is 0.917. The Bertz CT molecular complexity index is 206. The molecule has 1 rings (SSSR count). The molecular formula is C12H25ClN2O. The second-order valence-electron chi connectivity index (χ2n) is 5.55. The van der Waals surface area contributed by atoms with Crippen LogP contribution in [-0.4, -0.2) is 37.0 Å². The Kier molecular flexibility index (Phi) is 7.00. The zero-order chi connectivity index (χ0) is 11.3. The molecule has 1 fully saturated rings. The summed E-state index contributed by atoms with van der Waals surface area (Å²) in [5.74, 6) is 0.327. The van der Waals surface area contributed by atoms with Crippen LogP contribution in [0.25, 0.3) is 0 Å². The summed E-state index contributed by atoms with van der Waals surface area (Å²) < 4.78 is 0. The minimum Gasteiger partial charge on any atom is -0.341 e. The molecule has 1 saturated heterocycles. The van der Waals surface area contributed by atoms with E-state index in [1.165, 1.54) is 0 Å². The SMILES string of the molecule is CC(C)(C)CCC(=O)N1CCCNCC1.Cl. The molecule has 1 amide bonds. The van der Waals surface area contributed by atoms with Gasteiger partial charge in [-0.2, -0.15) is 0 Å². The van der Waals surface area contributed by atoms with Crippen molar-refractivity contribution in [2.24, 2.45) is 5.41 Å². The molecule has 0 aromatic carbocycles. The third kappa shape index (κ3) is 6.33.